The Bertz CT molecular complexity index is 404. The van der Waals surface area contributed by atoms with Crippen LogP contribution in [0.5, 0.6) is 0 Å². The van der Waals surface area contributed by atoms with E-state index in [4.69, 9.17) is 4.74 Å². The van der Waals surface area contributed by atoms with Crippen molar-refractivity contribution in [1.29, 1.82) is 0 Å². The molecule has 0 atom stereocenters. The quantitative estimate of drug-likeness (QED) is 0.801. The number of nitrogens with one attached hydrogen (secondary N) is 1. The Morgan fingerprint density at radius 3 is 2.75 bits per heavy atom. The topological polar surface area (TPSA) is 51.2 Å². The van der Waals surface area contributed by atoms with Crippen molar-refractivity contribution in [3.63, 3.8) is 0 Å². The van der Waals surface area contributed by atoms with Crippen LogP contribution >= 0.6 is 22.6 Å². The maximum absolute atomic E-state index is 13.1. The van der Waals surface area contributed by atoms with Crippen LogP contribution in [0.25, 0.3) is 0 Å². The highest BCUT2D eigenvalue weighted by Gasteiger charge is 2.18. The van der Waals surface area contributed by atoms with Crippen LogP contribution in [0.3, 0.4) is 0 Å². The molecule has 4 nitrogen and oxygen atoms in total. The lowest BCUT2D eigenvalue weighted by molar-refractivity contribution is 0.0635. The number of hydrogen-bond donors (Lipinski definition) is 1. The van der Waals surface area contributed by atoms with E-state index < -0.39 is 17.5 Å². The van der Waals surface area contributed by atoms with Crippen LogP contribution in [0.15, 0.2) is 12.3 Å². The van der Waals surface area contributed by atoms with E-state index in [0.29, 0.717) is 0 Å². The minimum absolute atomic E-state index is 0.162. The molecule has 0 unspecified atom stereocenters. The number of halogens is 2. The Labute approximate surface area is 107 Å². The van der Waals surface area contributed by atoms with Gasteiger partial charge in [-0.15, -0.1) is 0 Å². The number of carbonyl (C=O) groups excluding carboxylic acids is 1. The molecule has 0 fully saturated rings. The van der Waals surface area contributed by atoms with Gasteiger partial charge in [0.25, 0.3) is 0 Å². The molecule has 0 saturated carbocycles. The molecule has 0 spiro atoms. The number of anilines is 1. The van der Waals surface area contributed by atoms with Crippen LogP contribution in [-0.4, -0.2) is 16.7 Å². The first kappa shape index (κ1) is 13.1. The van der Waals surface area contributed by atoms with Gasteiger partial charge in [-0.2, -0.15) is 0 Å². The van der Waals surface area contributed by atoms with Crippen LogP contribution in [0.4, 0.5) is 15.0 Å². The van der Waals surface area contributed by atoms with E-state index in [2.05, 4.69) is 10.3 Å². The van der Waals surface area contributed by atoms with Gasteiger partial charge in [-0.3, -0.25) is 5.32 Å². The summed E-state index contributed by atoms with van der Waals surface area (Å²) in [6.45, 7) is 5.24. The van der Waals surface area contributed by atoms with Crippen molar-refractivity contribution < 1.29 is 13.9 Å². The van der Waals surface area contributed by atoms with Gasteiger partial charge in [0.15, 0.2) is 5.82 Å². The molecule has 88 valence electrons. The van der Waals surface area contributed by atoms with E-state index in [9.17, 15) is 9.18 Å². The van der Waals surface area contributed by atoms with Gasteiger partial charge in [-0.05, 0) is 49.4 Å². The van der Waals surface area contributed by atoms with Gasteiger partial charge < -0.3 is 4.74 Å². The average Bonchev–Trinajstić information content (AvgIpc) is 2.09. The molecule has 0 bridgehead atoms. The fourth-order valence-corrected chi connectivity index (χ4v) is 1.36. The van der Waals surface area contributed by atoms with E-state index in [1.54, 1.807) is 43.4 Å². The van der Waals surface area contributed by atoms with Gasteiger partial charge in [0.2, 0.25) is 0 Å². The molecule has 0 aliphatic carbocycles. The van der Waals surface area contributed by atoms with Crippen molar-refractivity contribution in [3.05, 3.63) is 21.7 Å². The van der Waals surface area contributed by atoms with E-state index in [-0.39, 0.29) is 9.39 Å². The second-order valence-electron chi connectivity index (χ2n) is 4.08. The predicted molar refractivity (Wildman–Crippen MR) is 66.8 cm³/mol. The average molecular weight is 338 g/mol. The minimum atomic E-state index is -0.650. The third-order valence-corrected chi connectivity index (χ3v) is 2.49. The highest BCUT2D eigenvalue weighted by atomic mass is 127. The summed E-state index contributed by atoms with van der Waals surface area (Å²) < 4.78 is 18.4. The Balaban J connectivity index is 2.74. The number of nitrogens with zero attached hydrogens (tertiary/aromatic N) is 1. The lowest BCUT2D eigenvalue weighted by Gasteiger charge is -2.19. The largest absolute Gasteiger partial charge is 0.444 e. The molecule has 1 aromatic heterocycles. The van der Waals surface area contributed by atoms with Crippen molar-refractivity contribution in [3.8, 4) is 0 Å². The third kappa shape index (κ3) is 3.92. The summed E-state index contributed by atoms with van der Waals surface area (Å²) >= 11 is 1.77. The van der Waals surface area contributed by atoms with Gasteiger partial charge >= 0.3 is 6.09 Å². The molecule has 1 amide bonds. The molecule has 1 aromatic rings. The normalized spacial score (nSPS) is 11.1. The maximum atomic E-state index is 13.1. The summed E-state index contributed by atoms with van der Waals surface area (Å²) in [5, 5.41) is 2.39. The van der Waals surface area contributed by atoms with Crippen LogP contribution in [0, 0.1) is 9.39 Å². The van der Waals surface area contributed by atoms with E-state index in [1.165, 1.54) is 12.3 Å². The smallest absolute Gasteiger partial charge is 0.413 e. The Morgan fingerprint density at radius 1 is 1.56 bits per heavy atom. The molecule has 0 saturated heterocycles. The minimum Gasteiger partial charge on any atom is -0.444 e. The number of ether oxygens (including phenoxy) is 1. The zero-order valence-corrected chi connectivity index (χ0v) is 11.3. The second kappa shape index (κ2) is 4.94. The number of amides is 1. The van der Waals surface area contributed by atoms with Gasteiger partial charge in [-0.1, -0.05) is 0 Å². The van der Waals surface area contributed by atoms with Crippen molar-refractivity contribution in [2.24, 2.45) is 0 Å². The Hall–Kier alpha value is -0.920. The fraction of sp³-hybridized carbons (Fsp3) is 0.400. The number of aromatic nitrogens is 1. The Kier molecular flexibility index (Phi) is 4.06. The number of hydrogen-bond acceptors (Lipinski definition) is 3. The second-order valence-corrected chi connectivity index (χ2v) is 5.16. The van der Waals surface area contributed by atoms with Crippen molar-refractivity contribution >= 4 is 34.5 Å². The molecule has 1 rings (SSSR count). The first-order valence-electron chi connectivity index (χ1n) is 4.59. The van der Waals surface area contributed by atoms with Crippen LogP contribution < -0.4 is 5.32 Å². The standard InChI is InChI=1S/C10H12FIN2O2/c1-10(2,3)16-9(15)14-8-7(12)6(11)4-5-13-8/h4-5H,1-3H3,(H,13,14,15). The lowest BCUT2D eigenvalue weighted by Crippen LogP contribution is -2.27. The molecule has 16 heavy (non-hydrogen) atoms. The monoisotopic (exact) mass is 338 g/mol. The molecule has 0 radical (unpaired) electrons. The summed E-state index contributed by atoms with van der Waals surface area (Å²) in [6, 6.07) is 1.22. The van der Waals surface area contributed by atoms with Gasteiger partial charge in [0.1, 0.15) is 11.4 Å². The van der Waals surface area contributed by atoms with Crippen molar-refractivity contribution in [1.82, 2.24) is 4.98 Å². The van der Waals surface area contributed by atoms with Gasteiger partial charge in [-0.25, -0.2) is 14.2 Å². The molecular weight excluding hydrogens is 326 g/mol. The van der Waals surface area contributed by atoms with Gasteiger partial charge in [0.05, 0.1) is 3.57 Å². The first-order valence-corrected chi connectivity index (χ1v) is 5.67. The lowest BCUT2D eigenvalue weighted by atomic mass is 10.2. The summed E-state index contributed by atoms with van der Waals surface area (Å²) in [5.41, 5.74) is -0.594. The highest BCUT2D eigenvalue weighted by Crippen LogP contribution is 2.19. The highest BCUT2D eigenvalue weighted by molar-refractivity contribution is 14.1. The van der Waals surface area contributed by atoms with Crippen LogP contribution in [0.1, 0.15) is 20.8 Å². The van der Waals surface area contributed by atoms with Crippen LogP contribution in [-0.2, 0) is 4.74 Å². The summed E-state index contributed by atoms with van der Waals surface area (Å²) in [7, 11) is 0. The summed E-state index contributed by atoms with van der Waals surface area (Å²) in [4.78, 5) is 15.2. The number of rotatable bonds is 1. The maximum Gasteiger partial charge on any atom is 0.413 e. The van der Waals surface area contributed by atoms with Crippen LogP contribution in [0.2, 0.25) is 0 Å². The molecule has 1 N–H and O–H groups in total. The molecule has 0 aliphatic heterocycles. The number of pyridine rings is 1. The van der Waals surface area contributed by atoms with Gasteiger partial charge in [0, 0.05) is 6.20 Å². The third-order valence-electron chi connectivity index (χ3n) is 1.46. The number of carbonyl (C=O) groups is 1. The van der Waals surface area contributed by atoms with E-state index in [0.717, 1.165) is 0 Å². The molecule has 1 heterocycles. The SMILES string of the molecule is CC(C)(C)OC(=O)Nc1nccc(F)c1I. The molecule has 0 aliphatic rings. The van der Waals surface area contributed by atoms with Crippen molar-refractivity contribution in [2.75, 3.05) is 5.32 Å². The molecular formula is C10H12FIN2O2. The van der Waals surface area contributed by atoms with E-state index in [1.807, 2.05) is 0 Å². The summed E-state index contributed by atoms with van der Waals surface area (Å²) in [6.07, 6.45) is 0.632. The fourth-order valence-electron chi connectivity index (χ4n) is 0.908. The predicted octanol–water partition coefficient (Wildman–Crippen LogP) is 3.17. The Morgan fingerprint density at radius 2 is 2.19 bits per heavy atom. The zero-order valence-electron chi connectivity index (χ0n) is 9.17. The summed E-state index contributed by atoms with van der Waals surface area (Å²) in [5.74, 6) is -0.267. The first-order chi connectivity index (χ1) is 7.29. The van der Waals surface area contributed by atoms with Crippen molar-refractivity contribution in [2.45, 2.75) is 26.4 Å². The zero-order chi connectivity index (χ0) is 12.3. The van der Waals surface area contributed by atoms with E-state index >= 15 is 0 Å². The molecule has 6 heteroatoms. The molecule has 0 aromatic carbocycles.